The number of aromatic nitrogens is 1. The van der Waals surface area contributed by atoms with Crippen LogP contribution in [0.15, 0.2) is 97.3 Å². The molecule has 0 saturated heterocycles. The van der Waals surface area contributed by atoms with E-state index < -0.39 is 0 Å². The molecule has 0 atom stereocenters. The molecule has 0 fully saturated rings. The van der Waals surface area contributed by atoms with Gasteiger partial charge in [0.05, 0.1) is 12.7 Å². The topological polar surface area (TPSA) is 80.3 Å². The molecule has 33 heavy (non-hydrogen) atoms. The van der Waals surface area contributed by atoms with Crippen molar-refractivity contribution in [1.29, 1.82) is 0 Å². The summed E-state index contributed by atoms with van der Waals surface area (Å²) in [5.74, 6) is -0.258. The number of pyridine rings is 1. The fourth-order valence-electron chi connectivity index (χ4n) is 3.39. The van der Waals surface area contributed by atoms with Crippen LogP contribution in [0.25, 0.3) is 11.1 Å². The van der Waals surface area contributed by atoms with Crippen molar-refractivity contribution in [2.75, 3.05) is 12.4 Å². The summed E-state index contributed by atoms with van der Waals surface area (Å²) in [5, 5.41) is 5.72. The highest BCUT2D eigenvalue weighted by Crippen LogP contribution is 2.23. The summed E-state index contributed by atoms with van der Waals surface area (Å²) in [5.41, 5.74) is 4.34. The SMILES string of the molecule is COc1ccc(C(=O)Nc2ccc(-c3ccccc3)cc2)cc1C(=O)NCc1cccnc1. The van der Waals surface area contributed by atoms with E-state index in [1.165, 1.54) is 13.2 Å². The molecule has 6 nitrogen and oxygen atoms in total. The lowest BCUT2D eigenvalue weighted by atomic mass is 10.1. The summed E-state index contributed by atoms with van der Waals surface area (Å²) in [4.78, 5) is 29.6. The predicted octanol–water partition coefficient (Wildman–Crippen LogP) is 4.94. The van der Waals surface area contributed by atoms with Crippen LogP contribution in [0.5, 0.6) is 5.75 Å². The van der Waals surface area contributed by atoms with Gasteiger partial charge >= 0.3 is 0 Å². The van der Waals surface area contributed by atoms with Crippen molar-refractivity contribution in [2.24, 2.45) is 0 Å². The van der Waals surface area contributed by atoms with Gasteiger partial charge in [-0.1, -0.05) is 48.5 Å². The molecule has 4 rings (SSSR count). The first kappa shape index (κ1) is 21.8. The second-order valence-electron chi connectivity index (χ2n) is 7.36. The van der Waals surface area contributed by atoms with Crippen LogP contribution >= 0.6 is 0 Å². The Morgan fingerprint density at radius 2 is 1.61 bits per heavy atom. The standard InChI is InChI=1S/C27H23N3O3/c1-33-25-14-11-22(16-24(25)27(32)29-18-19-6-5-15-28-17-19)26(31)30-23-12-9-21(10-13-23)20-7-3-2-4-8-20/h2-17H,18H2,1H3,(H,29,32)(H,30,31). The maximum atomic E-state index is 12.8. The lowest BCUT2D eigenvalue weighted by molar-refractivity contribution is 0.0948. The Morgan fingerprint density at radius 1 is 0.848 bits per heavy atom. The molecule has 1 heterocycles. The third-order valence-electron chi connectivity index (χ3n) is 5.13. The molecule has 3 aromatic carbocycles. The number of carbonyl (C=O) groups is 2. The van der Waals surface area contributed by atoms with Crippen LogP contribution in [0.1, 0.15) is 26.3 Å². The van der Waals surface area contributed by atoms with Crippen LogP contribution in [0.3, 0.4) is 0 Å². The Morgan fingerprint density at radius 3 is 2.30 bits per heavy atom. The summed E-state index contributed by atoms with van der Waals surface area (Å²) in [7, 11) is 1.49. The third kappa shape index (κ3) is 5.43. The second kappa shape index (κ2) is 10.2. The van der Waals surface area contributed by atoms with E-state index in [1.54, 1.807) is 30.6 Å². The van der Waals surface area contributed by atoms with Gasteiger partial charge in [-0.25, -0.2) is 0 Å². The summed E-state index contributed by atoms with van der Waals surface area (Å²) in [6.07, 6.45) is 3.36. The molecular formula is C27H23N3O3. The number of benzene rings is 3. The average Bonchev–Trinajstić information content (AvgIpc) is 2.88. The van der Waals surface area contributed by atoms with Crippen molar-refractivity contribution in [2.45, 2.75) is 6.54 Å². The van der Waals surface area contributed by atoms with E-state index in [-0.39, 0.29) is 17.4 Å². The maximum Gasteiger partial charge on any atom is 0.255 e. The maximum absolute atomic E-state index is 12.8. The molecule has 2 N–H and O–H groups in total. The van der Waals surface area contributed by atoms with Crippen molar-refractivity contribution in [3.63, 3.8) is 0 Å². The predicted molar refractivity (Wildman–Crippen MR) is 128 cm³/mol. The number of nitrogens with zero attached hydrogens (tertiary/aromatic N) is 1. The monoisotopic (exact) mass is 437 g/mol. The Kier molecular flexibility index (Phi) is 6.75. The van der Waals surface area contributed by atoms with Gasteiger partial charge in [0.25, 0.3) is 11.8 Å². The number of methoxy groups -OCH3 is 1. The van der Waals surface area contributed by atoms with E-state index in [9.17, 15) is 9.59 Å². The Balaban J connectivity index is 1.47. The first-order valence-corrected chi connectivity index (χ1v) is 10.5. The number of hydrogen-bond acceptors (Lipinski definition) is 4. The summed E-state index contributed by atoms with van der Waals surface area (Å²) in [6, 6.07) is 26.1. The van der Waals surface area contributed by atoms with Crippen molar-refractivity contribution in [1.82, 2.24) is 10.3 Å². The van der Waals surface area contributed by atoms with Gasteiger partial charge in [-0.3, -0.25) is 14.6 Å². The van der Waals surface area contributed by atoms with Gasteiger partial charge in [-0.15, -0.1) is 0 Å². The van der Waals surface area contributed by atoms with Gasteiger partial charge < -0.3 is 15.4 Å². The zero-order chi connectivity index (χ0) is 23.0. The molecule has 4 aromatic rings. The highest BCUT2D eigenvalue weighted by atomic mass is 16.5. The Bertz CT molecular complexity index is 1240. The van der Waals surface area contributed by atoms with Crippen LogP contribution < -0.4 is 15.4 Å². The largest absolute Gasteiger partial charge is 0.496 e. The molecule has 1 aromatic heterocycles. The quantitative estimate of drug-likeness (QED) is 0.429. The molecule has 2 amide bonds. The normalized spacial score (nSPS) is 10.3. The van der Waals surface area contributed by atoms with Crippen molar-refractivity contribution in [3.05, 3.63) is 114 Å². The molecule has 164 valence electrons. The smallest absolute Gasteiger partial charge is 0.255 e. The van der Waals surface area contributed by atoms with E-state index >= 15 is 0 Å². The van der Waals surface area contributed by atoms with Crippen molar-refractivity contribution < 1.29 is 14.3 Å². The van der Waals surface area contributed by atoms with Crippen LogP contribution in [-0.4, -0.2) is 23.9 Å². The molecular weight excluding hydrogens is 414 g/mol. The van der Waals surface area contributed by atoms with Crippen LogP contribution in [-0.2, 0) is 6.54 Å². The van der Waals surface area contributed by atoms with E-state index in [0.29, 0.717) is 23.5 Å². The fourth-order valence-corrected chi connectivity index (χ4v) is 3.39. The number of nitrogens with one attached hydrogen (secondary N) is 2. The minimum atomic E-state index is -0.336. The van der Waals surface area contributed by atoms with Gasteiger partial charge in [-0.05, 0) is 53.1 Å². The van der Waals surface area contributed by atoms with Crippen LogP contribution in [0.2, 0.25) is 0 Å². The molecule has 0 unspecified atom stereocenters. The van der Waals surface area contributed by atoms with Crippen LogP contribution in [0, 0.1) is 0 Å². The highest BCUT2D eigenvalue weighted by molar-refractivity contribution is 6.07. The number of carbonyl (C=O) groups excluding carboxylic acids is 2. The van der Waals surface area contributed by atoms with Crippen LogP contribution in [0.4, 0.5) is 5.69 Å². The number of anilines is 1. The Hall–Kier alpha value is -4.45. The van der Waals surface area contributed by atoms with E-state index in [2.05, 4.69) is 15.6 Å². The highest BCUT2D eigenvalue weighted by Gasteiger charge is 2.16. The van der Waals surface area contributed by atoms with Crippen molar-refractivity contribution >= 4 is 17.5 Å². The number of rotatable bonds is 7. The third-order valence-corrected chi connectivity index (χ3v) is 5.13. The van der Waals surface area contributed by atoms with Gasteiger partial charge in [0.1, 0.15) is 5.75 Å². The molecule has 0 aliphatic heterocycles. The molecule has 0 aliphatic carbocycles. The molecule has 0 radical (unpaired) electrons. The van der Waals surface area contributed by atoms with Gasteiger partial charge in [-0.2, -0.15) is 0 Å². The Labute approximate surface area is 192 Å². The average molecular weight is 437 g/mol. The first-order chi connectivity index (χ1) is 16.1. The van der Waals surface area contributed by atoms with Gasteiger partial charge in [0.15, 0.2) is 0 Å². The first-order valence-electron chi connectivity index (χ1n) is 10.5. The zero-order valence-electron chi connectivity index (χ0n) is 18.1. The lowest BCUT2D eigenvalue weighted by Crippen LogP contribution is -2.24. The van der Waals surface area contributed by atoms with E-state index in [4.69, 9.17) is 4.74 Å². The molecule has 6 heteroatoms. The number of amides is 2. The minimum Gasteiger partial charge on any atom is -0.496 e. The summed E-state index contributed by atoms with van der Waals surface area (Å²) >= 11 is 0. The zero-order valence-corrected chi connectivity index (χ0v) is 18.1. The van der Waals surface area contributed by atoms with Gasteiger partial charge in [0.2, 0.25) is 0 Å². The minimum absolute atomic E-state index is 0.286. The fraction of sp³-hybridized carbons (Fsp3) is 0.0741. The number of ether oxygens (including phenoxy) is 1. The molecule has 0 aliphatic rings. The van der Waals surface area contributed by atoms with Crippen molar-refractivity contribution in [3.8, 4) is 16.9 Å². The number of hydrogen-bond donors (Lipinski definition) is 2. The summed E-state index contributed by atoms with van der Waals surface area (Å²) in [6.45, 7) is 0.319. The molecule has 0 bridgehead atoms. The van der Waals surface area contributed by atoms with E-state index in [1.807, 2.05) is 60.7 Å². The second-order valence-corrected chi connectivity index (χ2v) is 7.36. The van der Waals surface area contributed by atoms with Gasteiger partial charge in [0, 0.05) is 30.2 Å². The lowest BCUT2D eigenvalue weighted by Gasteiger charge is -2.12. The summed E-state index contributed by atoms with van der Waals surface area (Å²) < 4.78 is 5.32. The van der Waals surface area contributed by atoms with E-state index in [0.717, 1.165) is 16.7 Å². The molecule has 0 spiro atoms. The molecule has 0 saturated carbocycles.